The van der Waals surface area contributed by atoms with Crippen LogP contribution in [0.4, 0.5) is 5.00 Å². The molecule has 2 amide bonds. The van der Waals surface area contributed by atoms with Gasteiger partial charge in [-0.1, -0.05) is 32.5 Å². The Bertz CT molecular complexity index is 1030. The molecule has 0 radical (unpaired) electrons. The van der Waals surface area contributed by atoms with E-state index < -0.39 is 11.9 Å². The number of ether oxygens (including phenoxy) is 1. The normalized spacial score (nSPS) is 15.4. The number of aryl methyl sites for hydroxylation is 1. The third kappa shape index (κ3) is 6.35. The second kappa shape index (κ2) is 11.1. The summed E-state index contributed by atoms with van der Waals surface area (Å²) in [5, 5.41) is 12.5. The Morgan fingerprint density at radius 3 is 2.76 bits per heavy atom. The van der Waals surface area contributed by atoms with Crippen LogP contribution in [0.5, 0.6) is 0 Å². The van der Waals surface area contributed by atoms with E-state index in [2.05, 4.69) is 36.3 Å². The summed E-state index contributed by atoms with van der Waals surface area (Å²) in [6, 6.07) is 0. The van der Waals surface area contributed by atoms with Crippen molar-refractivity contribution in [3.05, 3.63) is 21.8 Å². The third-order valence-corrected chi connectivity index (χ3v) is 7.56. The summed E-state index contributed by atoms with van der Waals surface area (Å²) in [4.78, 5) is 37.5. The predicted octanol–water partition coefficient (Wildman–Crippen LogP) is 3.06. The molecule has 0 saturated heterocycles. The van der Waals surface area contributed by atoms with Crippen LogP contribution < -0.4 is 11.1 Å². The average Bonchev–Trinajstić information content (AvgIpc) is 3.29. The van der Waals surface area contributed by atoms with Crippen LogP contribution in [0.1, 0.15) is 60.2 Å². The lowest BCUT2D eigenvalue weighted by molar-refractivity contribution is -0.118. The molecule has 0 bridgehead atoms. The maximum absolute atomic E-state index is 12.8. The number of primary amides is 1. The quantitative estimate of drug-likeness (QED) is 0.384. The van der Waals surface area contributed by atoms with E-state index in [1.54, 1.807) is 0 Å². The number of carbonyl (C=O) groups excluding carboxylic acids is 3. The zero-order chi connectivity index (χ0) is 24.1. The zero-order valence-corrected chi connectivity index (χ0v) is 21.1. The molecular formula is C22H31N5O4S2. The Hall–Kier alpha value is -2.40. The largest absolute Gasteiger partial charge is 0.465 e. The molecule has 3 N–H and O–H groups in total. The van der Waals surface area contributed by atoms with Crippen LogP contribution in [-0.2, 0) is 40.1 Å². The fourth-order valence-corrected chi connectivity index (χ4v) is 6.03. The van der Waals surface area contributed by atoms with Crippen molar-refractivity contribution in [3.63, 3.8) is 0 Å². The fourth-order valence-electron chi connectivity index (χ4n) is 3.84. The molecule has 0 fully saturated rings. The number of hydrogen-bond donors (Lipinski definition) is 2. The van der Waals surface area contributed by atoms with Crippen LogP contribution >= 0.6 is 23.1 Å². The molecule has 33 heavy (non-hydrogen) atoms. The number of aromatic nitrogens is 3. The summed E-state index contributed by atoms with van der Waals surface area (Å²) < 4.78 is 6.93. The Morgan fingerprint density at radius 2 is 2.09 bits per heavy atom. The monoisotopic (exact) mass is 493 g/mol. The lowest BCUT2D eigenvalue weighted by Gasteiger charge is -2.18. The van der Waals surface area contributed by atoms with Gasteiger partial charge in [0, 0.05) is 24.3 Å². The first kappa shape index (κ1) is 25.2. The number of esters is 1. The number of carbonyl (C=O) groups is 3. The molecule has 9 nitrogen and oxygen atoms in total. The van der Waals surface area contributed by atoms with Gasteiger partial charge in [-0.2, -0.15) is 0 Å². The molecule has 0 aliphatic heterocycles. The van der Waals surface area contributed by atoms with E-state index in [-0.39, 0.29) is 18.1 Å². The Labute approximate surface area is 201 Å². The molecule has 3 rings (SSSR count). The summed E-state index contributed by atoms with van der Waals surface area (Å²) in [6.07, 6.45) is 3.33. The van der Waals surface area contributed by atoms with E-state index >= 15 is 0 Å². The van der Waals surface area contributed by atoms with Crippen molar-refractivity contribution in [3.8, 4) is 0 Å². The molecule has 0 aromatic carbocycles. The molecule has 0 saturated carbocycles. The van der Waals surface area contributed by atoms with Gasteiger partial charge in [0.1, 0.15) is 10.8 Å². The van der Waals surface area contributed by atoms with Crippen LogP contribution in [0.3, 0.4) is 0 Å². The molecule has 11 heteroatoms. The standard InChI is InChI=1S/C22H31N5O4S2/c1-12(2)10-27-17(8-7-16(23)28)25-26-22(27)32-11-18(29)24-20-19(21(30)31-4)14-6-5-13(3)9-15(14)33-20/h12-13H,5-11H2,1-4H3,(H2,23,28)(H,24,29). The van der Waals surface area contributed by atoms with Gasteiger partial charge in [0.15, 0.2) is 5.16 Å². The molecule has 2 aromatic heterocycles. The summed E-state index contributed by atoms with van der Waals surface area (Å²) in [5.74, 6) is 0.651. The number of thiophene rings is 1. The van der Waals surface area contributed by atoms with Gasteiger partial charge in [0.25, 0.3) is 0 Å². The number of rotatable bonds is 10. The molecular weight excluding hydrogens is 462 g/mol. The van der Waals surface area contributed by atoms with E-state index in [0.717, 1.165) is 29.7 Å². The highest BCUT2D eigenvalue weighted by Gasteiger charge is 2.29. The van der Waals surface area contributed by atoms with Gasteiger partial charge in [0.05, 0.1) is 18.4 Å². The maximum Gasteiger partial charge on any atom is 0.341 e. The van der Waals surface area contributed by atoms with Gasteiger partial charge in [0.2, 0.25) is 11.8 Å². The van der Waals surface area contributed by atoms with Gasteiger partial charge < -0.3 is 20.4 Å². The first-order valence-electron chi connectivity index (χ1n) is 11.0. The smallest absolute Gasteiger partial charge is 0.341 e. The van der Waals surface area contributed by atoms with E-state index in [1.165, 1.54) is 30.2 Å². The van der Waals surface area contributed by atoms with Crippen molar-refractivity contribution in [2.75, 3.05) is 18.2 Å². The predicted molar refractivity (Wildman–Crippen MR) is 129 cm³/mol. The lowest BCUT2D eigenvalue weighted by Crippen LogP contribution is -2.18. The number of nitrogens with zero attached hydrogens (tertiary/aromatic N) is 3. The summed E-state index contributed by atoms with van der Waals surface area (Å²) in [7, 11) is 1.36. The van der Waals surface area contributed by atoms with Crippen LogP contribution in [0.25, 0.3) is 0 Å². The van der Waals surface area contributed by atoms with Crippen molar-refractivity contribution < 1.29 is 19.1 Å². The minimum atomic E-state index is -0.416. The van der Waals surface area contributed by atoms with E-state index in [9.17, 15) is 14.4 Å². The minimum absolute atomic E-state index is 0.117. The zero-order valence-electron chi connectivity index (χ0n) is 19.5. The SMILES string of the molecule is COC(=O)c1c(NC(=O)CSc2nnc(CCC(N)=O)n2CC(C)C)sc2c1CCC(C)C2. The molecule has 2 heterocycles. The third-order valence-electron chi connectivity index (χ3n) is 5.42. The number of hydrogen-bond acceptors (Lipinski definition) is 8. The highest BCUT2D eigenvalue weighted by molar-refractivity contribution is 7.99. The van der Waals surface area contributed by atoms with Gasteiger partial charge in [-0.05, 0) is 36.7 Å². The Morgan fingerprint density at radius 1 is 1.33 bits per heavy atom. The first-order chi connectivity index (χ1) is 15.7. The second-order valence-corrected chi connectivity index (χ2v) is 10.8. The molecule has 1 atom stereocenters. The first-order valence-corrected chi connectivity index (χ1v) is 12.9. The van der Waals surface area contributed by atoms with Crippen LogP contribution in [0.2, 0.25) is 0 Å². The van der Waals surface area contributed by atoms with Crippen molar-refractivity contribution >= 4 is 45.9 Å². The number of nitrogens with one attached hydrogen (secondary N) is 1. The van der Waals surface area contributed by atoms with Gasteiger partial charge in [-0.15, -0.1) is 21.5 Å². The molecule has 1 aliphatic carbocycles. The average molecular weight is 494 g/mol. The summed E-state index contributed by atoms with van der Waals surface area (Å²) >= 11 is 2.74. The Kier molecular flexibility index (Phi) is 8.52. The van der Waals surface area contributed by atoms with Gasteiger partial charge >= 0.3 is 5.97 Å². The van der Waals surface area contributed by atoms with Crippen LogP contribution in [0, 0.1) is 11.8 Å². The topological polar surface area (TPSA) is 129 Å². The number of nitrogens with two attached hydrogens (primary N) is 1. The van der Waals surface area contributed by atoms with E-state index in [1.807, 2.05) is 4.57 Å². The molecule has 2 aromatic rings. The number of fused-ring (bicyclic) bond motifs is 1. The summed E-state index contributed by atoms with van der Waals surface area (Å²) in [5.41, 5.74) is 6.76. The van der Waals surface area contributed by atoms with E-state index in [4.69, 9.17) is 10.5 Å². The van der Waals surface area contributed by atoms with Crippen LogP contribution in [0.15, 0.2) is 5.16 Å². The van der Waals surface area contributed by atoms with Crippen molar-refractivity contribution in [1.82, 2.24) is 14.8 Å². The fraction of sp³-hybridized carbons (Fsp3) is 0.591. The minimum Gasteiger partial charge on any atom is -0.465 e. The Balaban J connectivity index is 1.72. The lowest BCUT2D eigenvalue weighted by atomic mass is 9.88. The van der Waals surface area contributed by atoms with Crippen molar-refractivity contribution in [2.24, 2.45) is 17.6 Å². The van der Waals surface area contributed by atoms with Gasteiger partial charge in [-0.25, -0.2) is 4.79 Å². The molecule has 1 aliphatic rings. The number of thioether (sulfide) groups is 1. The van der Waals surface area contributed by atoms with Crippen molar-refractivity contribution in [1.29, 1.82) is 0 Å². The highest BCUT2D eigenvalue weighted by Crippen LogP contribution is 2.40. The maximum atomic E-state index is 12.8. The number of anilines is 1. The second-order valence-electron chi connectivity index (χ2n) is 8.75. The molecule has 1 unspecified atom stereocenters. The highest BCUT2D eigenvalue weighted by atomic mass is 32.2. The van der Waals surface area contributed by atoms with E-state index in [0.29, 0.717) is 46.3 Å². The molecule has 0 spiro atoms. The summed E-state index contributed by atoms with van der Waals surface area (Å²) in [6.45, 7) is 7.02. The number of methoxy groups -OCH3 is 1. The van der Waals surface area contributed by atoms with Gasteiger partial charge in [-0.3, -0.25) is 9.59 Å². The van der Waals surface area contributed by atoms with Crippen molar-refractivity contribution in [2.45, 2.75) is 64.6 Å². The molecule has 180 valence electrons. The number of amides is 2. The van der Waals surface area contributed by atoms with Crippen LogP contribution in [-0.4, -0.2) is 45.4 Å².